The molecule has 0 unspecified atom stereocenters. The predicted octanol–water partition coefficient (Wildman–Crippen LogP) is 1.47. The number of benzene rings is 1. The third-order valence-corrected chi connectivity index (χ3v) is 3.00. The molecule has 21 heavy (non-hydrogen) atoms. The monoisotopic (exact) mass is 286 g/mol. The topological polar surface area (TPSA) is 92.8 Å². The summed E-state index contributed by atoms with van der Waals surface area (Å²) >= 11 is 0. The van der Waals surface area contributed by atoms with Gasteiger partial charge in [-0.3, -0.25) is 0 Å². The number of oxime groups is 1. The number of nitrogens with two attached hydrogens (primary N) is 1. The van der Waals surface area contributed by atoms with Crippen LogP contribution in [0.1, 0.15) is 16.7 Å². The zero-order valence-electron chi connectivity index (χ0n) is 11.8. The van der Waals surface area contributed by atoms with Crippen LogP contribution in [-0.4, -0.2) is 23.1 Å². The molecule has 1 heterocycles. The van der Waals surface area contributed by atoms with Gasteiger partial charge in [0.15, 0.2) is 5.84 Å². The Labute approximate surface area is 123 Å². The average Bonchev–Trinajstić information content (AvgIpc) is 2.55. The highest BCUT2D eigenvalue weighted by Gasteiger charge is 2.01. The molecule has 0 atom stereocenters. The Morgan fingerprint density at radius 2 is 2.10 bits per heavy atom. The third kappa shape index (κ3) is 4.19. The number of aromatic nitrogens is 1. The summed E-state index contributed by atoms with van der Waals surface area (Å²) in [4.78, 5) is 4.15. The number of nitrogens with zero attached hydrogens (tertiary/aromatic N) is 2. The summed E-state index contributed by atoms with van der Waals surface area (Å²) in [5.41, 5.74) is 8.40. The van der Waals surface area contributed by atoms with E-state index >= 15 is 0 Å². The van der Waals surface area contributed by atoms with E-state index in [1.165, 1.54) is 0 Å². The van der Waals surface area contributed by atoms with Crippen molar-refractivity contribution >= 4 is 5.84 Å². The number of ether oxygens (including phenoxy) is 1. The van der Waals surface area contributed by atoms with Crippen LogP contribution in [0.3, 0.4) is 0 Å². The van der Waals surface area contributed by atoms with Crippen molar-refractivity contribution < 1.29 is 9.94 Å². The van der Waals surface area contributed by atoms with Crippen LogP contribution < -0.4 is 15.8 Å². The highest BCUT2D eigenvalue weighted by molar-refractivity contribution is 5.97. The number of hydrogen-bond acceptors (Lipinski definition) is 5. The Balaban J connectivity index is 1.91. The number of pyridine rings is 1. The van der Waals surface area contributed by atoms with Gasteiger partial charge in [0.1, 0.15) is 0 Å². The molecule has 2 aromatic rings. The summed E-state index contributed by atoms with van der Waals surface area (Å²) in [5, 5.41) is 15.0. The second-order valence-electron chi connectivity index (χ2n) is 4.50. The highest BCUT2D eigenvalue weighted by atomic mass is 16.5. The van der Waals surface area contributed by atoms with Crippen LogP contribution in [0.4, 0.5) is 0 Å². The second kappa shape index (κ2) is 7.25. The molecule has 0 aliphatic rings. The zero-order valence-corrected chi connectivity index (χ0v) is 11.8. The Morgan fingerprint density at radius 1 is 1.29 bits per heavy atom. The first-order valence-corrected chi connectivity index (χ1v) is 6.49. The summed E-state index contributed by atoms with van der Waals surface area (Å²) in [6.45, 7) is 1.38. The Bertz CT molecular complexity index is 611. The van der Waals surface area contributed by atoms with Gasteiger partial charge in [0, 0.05) is 30.9 Å². The third-order valence-electron chi connectivity index (χ3n) is 3.00. The van der Waals surface area contributed by atoms with Crippen molar-refractivity contribution in [2.24, 2.45) is 10.9 Å². The van der Waals surface area contributed by atoms with E-state index in [-0.39, 0.29) is 5.84 Å². The molecule has 0 bridgehead atoms. The van der Waals surface area contributed by atoms with Crippen LogP contribution in [-0.2, 0) is 13.1 Å². The van der Waals surface area contributed by atoms with E-state index in [2.05, 4.69) is 15.5 Å². The lowest BCUT2D eigenvalue weighted by Gasteiger charge is -2.07. The van der Waals surface area contributed by atoms with Crippen molar-refractivity contribution in [1.29, 1.82) is 0 Å². The van der Waals surface area contributed by atoms with Crippen molar-refractivity contribution in [3.8, 4) is 5.88 Å². The predicted molar refractivity (Wildman–Crippen MR) is 80.3 cm³/mol. The molecule has 0 saturated heterocycles. The molecular formula is C15H18N4O2. The molecule has 1 aromatic heterocycles. The molecule has 0 aliphatic heterocycles. The highest BCUT2D eigenvalue weighted by Crippen LogP contribution is 2.08. The van der Waals surface area contributed by atoms with Crippen molar-refractivity contribution in [2.75, 3.05) is 7.11 Å². The standard InChI is InChI=1S/C15H18N4O2/c1-21-14-6-5-12(10-18-14)9-17-8-11-3-2-4-13(7-11)15(16)19-20/h2-7,10,17,20H,8-9H2,1H3,(H2,16,19). The van der Waals surface area contributed by atoms with E-state index in [0.29, 0.717) is 24.5 Å². The molecule has 2 rings (SSSR count). The molecule has 0 radical (unpaired) electrons. The number of methoxy groups -OCH3 is 1. The molecule has 1 aromatic carbocycles. The van der Waals surface area contributed by atoms with E-state index in [0.717, 1.165) is 11.1 Å². The van der Waals surface area contributed by atoms with Gasteiger partial charge in [-0.25, -0.2) is 4.98 Å². The summed E-state index contributed by atoms with van der Waals surface area (Å²) < 4.78 is 5.01. The Kier molecular flexibility index (Phi) is 5.11. The van der Waals surface area contributed by atoms with Gasteiger partial charge in [0.25, 0.3) is 0 Å². The van der Waals surface area contributed by atoms with Crippen molar-refractivity contribution in [1.82, 2.24) is 10.3 Å². The smallest absolute Gasteiger partial charge is 0.212 e. The van der Waals surface area contributed by atoms with E-state index < -0.39 is 0 Å². The van der Waals surface area contributed by atoms with Crippen molar-refractivity contribution in [2.45, 2.75) is 13.1 Å². The molecule has 0 saturated carbocycles. The number of amidine groups is 1. The molecule has 0 aliphatic carbocycles. The van der Waals surface area contributed by atoms with Gasteiger partial charge in [-0.15, -0.1) is 0 Å². The summed E-state index contributed by atoms with van der Waals surface area (Å²) in [6, 6.07) is 11.3. The maximum absolute atomic E-state index is 8.68. The van der Waals surface area contributed by atoms with Crippen LogP contribution in [0.5, 0.6) is 5.88 Å². The first kappa shape index (κ1) is 14.8. The summed E-state index contributed by atoms with van der Waals surface area (Å²) in [5.74, 6) is 0.710. The van der Waals surface area contributed by atoms with Gasteiger partial charge in [-0.2, -0.15) is 0 Å². The first-order chi connectivity index (χ1) is 10.2. The van der Waals surface area contributed by atoms with Crippen molar-refractivity contribution in [3.63, 3.8) is 0 Å². The second-order valence-corrected chi connectivity index (χ2v) is 4.50. The lowest BCUT2D eigenvalue weighted by molar-refractivity contribution is 0.318. The minimum absolute atomic E-state index is 0.108. The van der Waals surface area contributed by atoms with Crippen LogP contribution in [0.2, 0.25) is 0 Å². The molecule has 4 N–H and O–H groups in total. The van der Waals surface area contributed by atoms with Crippen LogP contribution >= 0.6 is 0 Å². The summed E-state index contributed by atoms with van der Waals surface area (Å²) in [6.07, 6.45) is 1.78. The lowest BCUT2D eigenvalue weighted by Crippen LogP contribution is -2.15. The van der Waals surface area contributed by atoms with Gasteiger partial charge >= 0.3 is 0 Å². The summed E-state index contributed by atoms with van der Waals surface area (Å²) in [7, 11) is 1.59. The van der Waals surface area contributed by atoms with E-state index in [9.17, 15) is 0 Å². The van der Waals surface area contributed by atoms with E-state index in [1.807, 2.05) is 30.3 Å². The largest absolute Gasteiger partial charge is 0.481 e. The van der Waals surface area contributed by atoms with Crippen LogP contribution in [0, 0.1) is 0 Å². The molecule has 6 heteroatoms. The van der Waals surface area contributed by atoms with Crippen LogP contribution in [0.15, 0.2) is 47.8 Å². The fraction of sp³-hybridized carbons (Fsp3) is 0.200. The quantitative estimate of drug-likeness (QED) is 0.324. The first-order valence-electron chi connectivity index (χ1n) is 6.49. The minimum atomic E-state index is 0.108. The molecule has 110 valence electrons. The van der Waals surface area contributed by atoms with Gasteiger partial charge in [0.05, 0.1) is 7.11 Å². The van der Waals surface area contributed by atoms with Gasteiger partial charge in [-0.1, -0.05) is 29.4 Å². The maximum atomic E-state index is 8.68. The fourth-order valence-corrected chi connectivity index (χ4v) is 1.89. The lowest BCUT2D eigenvalue weighted by atomic mass is 10.1. The zero-order chi connectivity index (χ0) is 15.1. The van der Waals surface area contributed by atoms with E-state index in [4.69, 9.17) is 15.7 Å². The Morgan fingerprint density at radius 3 is 2.76 bits per heavy atom. The number of nitrogens with one attached hydrogen (secondary N) is 1. The van der Waals surface area contributed by atoms with Gasteiger partial charge in [0.2, 0.25) is 5.88 Å². The molecule has 0 amide bonds. The molecule has 6 nitrogen and oxygen atoms in total. The van der Waals surface area contributed by atoms with Gasteiger partial charge in [-0.05, 0) is 17.2 Å². The van der Waals surface area contributed by atoms with Crippen LogP contribution in [0.25, 0.3) is 0 Å². The van der Waals surface area contributed by atoms with E-state index in [1.54, 1.807) is 19.4 Å². The normalized spacial score (nSPS) is 11.4. The molecule has 0 spiro atoms. The number of rotatable bonds is 6. The van der Waals surface area contributed by atoms with Gasteiger partial charge < -0.3 is 21.0 Å². The molecular weight excluding hydrogens is 268 g/mol. The minimum Gasteiger partial charge on any atom is -0.481 e. The SMILES string of the molecule is COc1ccc(CNCc2cccc(C(N)=NO)c2)cn1. The maximum Gasteiger partial charge on any atom is 0.212 e. The number of hydrogen-bond donors (Lipinski definition) is 3. The average molecular weight is 286 g/mol. The van der Waals surface area contributed by atoms with Crippen molar-refractivity contribution in [3.05, 3.63) is 59.3 Å². The fourth-order valence-electron chi connectivity index (χ4n) is 1.89. The molecule has 0 fully saturated rings. The Hall–Kier alpha value is -2.60.